The Morgan fingerprint density at radius 1 is 1.78 bits per heavy atom. The summed E-state index contributed by atoms with van der Waals surface area (Å²) in [6.07, 6.45) is 1.24. The van der Waals surface area contributed by atoms with Crippen LogP contribution >= 0.6 is 0 Å². The number of carbonyl (C=O) groups is 1. The van der Waals surface area contributed by atoms with Gasteiger partial charge in [-0.05, 0) is 17.9 Å². The van der Waals surface area contributed by atoms with Gasteiger partial charge in [-0.3, -0.25) is 0 Å². The Morgan fingerprint density at radius 3 is 2.33 bits per heavy atom. The van der Waals surface area contributed by atoms with Gasteiger partial charge in [0.2, 0.25) is 10.5 Å². The summed E-state index contributed by atoms with van der Waals surface area (Å²) >= 11 is 0. The van der Waals surface area contributed by atoms with E-state index in [1.54, 1.807) is 0 Å². The van der Waals surface area contributed by atoms with Crippen molar-refractivity contribution >= 4 is 27.4 Å². The Kier molecular flexibility index (Phi) is 6.98. The monoisotopic (exact) mass is 164 g/mol. The zero-order chi connectivity index (χ0) is 6.57. The van der Waals surface area contributed by atoms with Crippen molar-refractivity contribution in [2.24, 2.45) is 0 Å². The Balaban J connectivity index is 0. The lowest BCUT2D eigenvalue weighted by atomic mass is 10.4. The maximum Gasteiger partial charge on any atom is 0.334 e. The molecule has 5 heteroatoms. The molecule has 54 valence electrons. The molecule has 0 aromatic carbocycles. The van der Waals surface area contributed by atoms with Crippen LogP contribution in [-0.2, 0) is 9.22 Å². The zero-order valence-electron chi connectivity index (χ0n) is 4.84. The molecule has 3 nitrogen and oxygen atoms in total. The molecule has 0 unspecified atom stereocenters. The molecule has 0 fully saturated rings. The molecule has 0 atom stereocenters. The lowest BCUT2D eigenvalue weighted by Crippen LogP contribution is -1.95. The highest BCUT2D eigenvalue weighted by molar-refractivity contribution is 5.99. The van der Waals surface area contributed by atoms with Gasteiger partial charge in [-0.2, -0.15) is 0 Å². The average Bonchev–Trinajstić information content (AvgIpc) is 1.67. The Hall–Kier alpha value is -0.556. The van der Waals surface area contributed by atoms with Gasteiger partial charge < -0.3 is 9.53 Å². The molecule has 0 saturated heterocycles. The number of carboxylic acid groups (broad SMARTS) is 1. The van der Waals surface area contributed by atoms with E-state index in [4.69, 9.17) is 5.11 Å². The number of hydrogen-bond acceptors (Lipinski definition) is 2. The highest BCUT2D eigenvalue weighted by atomic mass is 28.2. The summed E-state index contributed by atoms with van der Waals surface area (Å²) in [5, 5.41) is 8.18. The molecule has 0 heterocycles. The summed E-state index contributed by atoms with van der Waals surface area (Å²) < 4.78 is 4.56. The van der Waals surface area contributed by atoms with E-state index in [0.29, 0.717) is 10.5 Å². The minimum absolute atomic E-state index is 0. The van der Waals surface area contributed by atoms with Crippen LogP contribution in [0.2, 0.25) is 0 Å². The summed E-state index contributed by atoms with van der Waals surface area (Å²) in [7, 11) is 0.543. The van der Waals surface area contributed by atoms with Crippen LogP contribution in [0.5, 0.6) is 0 Å². The van der Waals surface area contributed by atoms with Crippen LogP contribution in [0.1, 0.15) is 6.92 Å². The maximum absolute atomic E-state index is 9.96. The van der Waals surface area contributed by atoms with Crippen molar-refractivity contribution in [1.82, 2.24) is 0 Å². The summed E-state index contributed by atoms with van der Waals surface area (Å²) in [5.41, 5.74) is 0.236. The second kappa shape index (κ2) is 5.58. The van der Waals surface area contributed by atoms with E-state index in [9.17, 15) is 4.79 Å². The summed E-state index contributed by atoms with van der Waals surface area (Å²) in [6, 6.07) is 0. The molecule has 9 heavy (non-hydrogen) atoms. The molecule has 0 aliphatic carbocycles. The molecule has 0 spiro atoms. The molecule has 0 amide bonds. The third kappa shape index (κ3) is 5.31. The minimum atomic E-state index is -0.930. The van der Waals surface area contributed by atoms with Crippen molar-refractivity contribution in [1.29, 1.82) is 0 Å². The first kappa shape index (κ1) is 11.3. The highest BCUT2D eigenvalue weighted by Gasteiger charge is 1.96. The SMILES string of the molecule is CC(=CO[SiH3])C(=O)O.[SiH4]. The summed E-state index contributed by atoms with van der Waals surface area (Å²) in [4.78, 5) is 9.96. The van der Waals surface area contributed by atoms with E-state index in [1.807, 2.05) is 0 Å². The highest BCUT2D eigenvalue weighted by Crippen LogP contribution is 1.89. The van der Waals surface area contributed by atoms with Crippen molar-refractivity contribution in [2.75, 3.05) is 0 Å². The van der Waals surface area contributed by atoms with Crippen molar-refractivity contribution in [3.63, 3.8) is 0 Å². The fourth-order valence-corrected chi connectivity index (χ4v) is 0.581. The number of carboxylic acids is 1. The normalized spacial score (nSPS) is 10.1. The van der Waals surface area contributed by atoms with Gasteiger partial charge in [-0.1, -0.05) is 0 Å². The first-order valence-electron chi connectivity index (χ1n) is 2.11. The van der Waals surface area contributed by atoms with Crippen molar-refractivity contribution in [3.8, 4) is 0 Å². The third-order valence-corrected chi connectivity index (χ3v) is 0.868. The van der Waals surface area contributed by atoms with E-state index in [-0.39, 0.29) is 16.5 Å². The molecule has 0 aromatic heterocycles. The van der Waals surface area contributed by atoms with Crippen molar-refractivity contribution < 1.29 is 14.3 Å². The van der Waals surface area contributed by atoms with Crippen LogP contribution in [0.15, 0.2) is 11.8 Å². The third-order valence-electron chi connectivity index (χ3n) is 0.632. The van der Waals surface area contributed by atoms with Gasteiger partial charge in [0.1, 0.15) is 0 Å². The standard InChI is InChI=1S/C4H8O3Si.H4Si/c1-3(2-7-8)4(5)6;/h2H,1,8H3,(H,5,6);1H4. The molecule has 0 radical (unpaired) electrons. The van der Waals surface area contributed by atoms with Gasteiger partial charge in [0.15, 0.2) is 0 Å². The van der Waals surface area contributed by atoms with Gasteiger partial charge in [0.05, 0.1) is 11.8 Å². The summed E-state index contributed by atoms with van der Waals surface area (Å²) in [5.74, 6) is -0.930. The second-order valence-corrected chi connectivity index (χ2v) is 1.81. The maximum atomic E-state index is 9.96. The molecule has 0 bridgehead atoms. The molecule has 0 aromatic rings. The zero-order valence-corrected chi connectivity index (χ0v) is 6.84. The fourth-order valence-electron chi connectivity index (χ4n) is 0.227. The lowest BCUT2D eigenvalue weighted by Gasteiger charge is -1.90. The molecule has 0 rings (SSSR count). The van der Waals surface area contributed by atoms with E-state index >= 15 is 0 Å². The molecular weight excluding hydrogens is 152 g/mol. The Labute approximate surface area is 61.3 Å². The molecule has 0 aliphatic heterocycles. The Morgan fingerprint density at radius 2 is 2.22 bits per heavy atom. The van der Waals surface area contributed by atoms with Crippen LogP contribution in [0.25, 0.3) is 0 Å². The molecule has 0 aliphatic rings. The molecule has 0 saturated carbocycles. The van der Waals surface area contributed by atoms with E-state index < -0.39 is 5.97 Å². The molecular formula is C4H12O3Si2. The topological polar surface area (TPSA) is 46.5 Å². The van der Waals surface area contributed by atoms with E-state index in [0.717, 1.165) is 0 Å². The van der Waals surface area contributed by atoms with Crippen LogP contribution in [0, 0.1) is 0 Å². The average molecular weight is 164 g/mol. The van der Waals surface area contributed by atoms with Crippen LogP contribution in [0.4, 0.5) is 0 Å². The fraction of sp³-hybridized carbons (Fsp3) is 0.250. The number of hydrogen-bond donors (Lipinski definition) is 1. The summed E-state index contributed by atoms with van der Waals surface area (Å²) in [6.45, 7) is 1.49. The largest absolute Gasteiger partial charge is 0.558 e. The first-order valence-corrected chi connectivity index (χ1v) is 2.93. The number of rotatable bonds is 2. The minimum Gasteiger partial charge on any atom is -0.558 e. The smallest absolute Gasteiger partial charge is 0.334 e. The predicted octanol–water partition coefficient (Wildman–Crippen LogP) is -2.18. The van der Waals surface area contributed by atoms with Crippen LogP contribution in [0.3, 0.4) is 0 Å². The van der Waals surface area contributed by atoms with Gasteiger partial charge in [-0.15, -0.1) is 0 Å². The van der Waals surface area contributed by atoms with Gasteiger partial charge in [-0.25, -0.2) is 4.79 Å². The van der Waals surface area contributed by atoms with Crippen molar-refractivity contribution in [2.45, 2.75) is 6.92 Å². The van der Waals surface area contributed by atoms with Crippen molar-refractivity contribution in [3.05, 3.63) is 11.8 Å². The predicted molar refractivity (Wildman–Crippen MR) is 43.8 cm³/mol. The van der Waals surface area contributed by atoms with E-state index in [2.05, 4.69) is 4.43 Å². The lowest BCUT2D eigenvalue weighted by molar-refractivity contribution is -0.132. The van der Waals surface area contributed by atoms with Gasteiger partial charge >= 0.3 is 5.97 Å². The van der Waals surface area contributed by atoms with Crippen LogP contribution < -0.4 is 0 Å². The second-order valence-electron chi connectivity index (χ2n) is 1.34. The first-order chi connectivity index (χ1) is 3.68. The quantitative estimate of drug-likeness (QED) is 0.287. The van der Waals surface area contributed by atoms with E-state index in [1.165, 1.54) is 13.2 Å². The molecule has 1 N–H and O–H groups in total. The Bertz CT molecular complexity index is 121. The van der Waals surface area contributed by atoms with Crippen LogP contribution in [-0.4, -0.2) is 32.5 Å². The van der Waals surface area contributed by atoms with Gasteiger partial charge in [0, 0.05) is 0 Å². The van der Waals surface area contributed by atoms with Gasteiger partial charge in [0.25, 0.3) is 0 Å². The number of aliphatic carboxylic acids is 1.